The van der Waals surface area contributed by atoms with Crippen LogP contribution in [0.2, 0.25) is 0 Å². The second kappa shape index (κ2) is 5.27. The number of nitrogen functional groups attached to an aromatic ring is 1. The Balaban J connectivity index is 2.31. The summed E-state index contributed by atoms with van der Waals surface area (Å²) in [4.78, 5) is 4.34. The average molecular weight is 290 g/mol. The van der Waals surface area contributed by atoms with Gasteiger partial charge in [-0.1, -0.05) is 0 Å². The molecule has 6 heteroatoms. The SMILES string of the molecule is Cc1nn(C)c(C)c1Oc1ccc(N)c(OC(C)(C)C)n1. The summed E-state index contributed by atoms with van der Waals surface area (Å²) in [6, 6.07) is 3.45. The summed E-state index contributed by atoms with van der Waals surface area (Å²) in [5.74, 6) is 1.51. The Morgan fingerprint density at radius 3 is 2.38 bits per heavy atom. The van der Waals surface area contributed by atoms with E-state index >= 15 is 0 Å². The van der Waals surface area contributed by atoms with Crippen LogP contribution in [0.3, 0.4) is 0 Å². The predicted octanol–water partition coefficient (Wildman–Crippen LogP) is 2.98. The number of nitrogens with two attached hydrogens (primary N) is 1. The summed E-state index contributed by atoms with van der Waals surface area (Å²) >= 11 is 0. The maximum absolute atomic E-state index is 5.89. The van der Waals surface area contributed by atoms with Gasteiger partial charge in [0.15, 0.2) is 5.75 Å². The highest BCUT2D eigenvalue weighted by molar-refractivity contribution is 5.50. The van der Waals surface area contributed by atoms with Crippen molar-refractivity contribution >= 4 is 5.69 Å². The maximum atomic E-state index is 5.89. The molecule has 0 fully saturated rings. The van der Waals surface area contributed by atoms with E-state index in [-0.39, 0.29) is 5.60 Å². The van der Waals surface area contributed by atoms with E-state index in [0.29, 0.717) is 23.2 Å². The van der Waals surface area contributed by atoms with Gasteiger partial charge in [0.2, 0.25) is 11.8 Å². The first-order chi connectivity index (χ1) is 9.67. The topological polar surface area (TPSA) is 75.2 Å². The molecule has 2 aromatic heterocycles. The van der Waals surface area contributed by atoms with Crippen LogP contribution in [0.4, 0.5) is 5.69 Å². The van der Waals surface area contributed by atoms with Gasteiger partial charge in [-0.25, -0.2) is 0 Å². The average Bonchev–Trinajstić information content (AvgIpc) is 2.58. The molecule has 0 aliphatic heterocycles. The summed E-state index contributed by atoms with van der Waals surface area (Å²) in [6.07, 6.45) is 0. The van der Waals surface area contributed by atoms with Gasteiger partial charge in [0.05, 0.1) is 11.4 Å². The molecule has 0 atom stereocenters. The molecule has 6 nitrogen and oxygen atoms in total. The minimum Gasteiger partial charge on any atom is -0.470 e. The van der Waals surface area contributed by atoms with E-state index in [1.807, 2.05) is 41.7 Å². The lowest BCUT2D eigenvalue weighted by Gasteiger charge is -2.21. The largest absolute Gasteiger partial charge is 0.470 e. The van der Waals surface area contributed by atoms with Gasteiger partial charge in [-0.15, -0.1) is 0 Å². The fourth-order valence-electron chi connectivity index (χ4n) is 1.87. The molecule has 2 N–H and O–H groups in total. The van der Waals surface area contributed by atoms with E-state index in [1.54, 1.807) is 16.8 Å². The number of anilines is 1. The first-order valence-corrected chi connectivity index (χ1v) is 6.81. The highest BCUT2D eigenvalue weighted by Gasteiger charge is 2.17. The second-order valence-corrected chi connectivity index (χ2v) is 5.98. The maximum Gasteiger partial charge on any atom is 0.241 e. The lowest BCUT2D eigenvalue weighted by Crippen LogP contribution is -2.24. The first-order valence-electron chi connectivity index (χ1n) is 6.81. The molecule has 0 amide bonds. The van der Waals surface area contributed by atoms with E-state index in [4.69, 9.17) is 15.2 Å². The highest BCUT2D eigenvalue weighted by Crippen LogP contribution is 2.31. The van der Waals surface area contributed by atoms with Crippen LogP contribution in [-0.2, 0) is 7.05 Å². The number of nitrogens with zero attached hydrogens (tertiary/aromatic N) is 3. The van der Waals surface area contributed by atoms with Crippen molar-refractivity contribution in [2.24, 2.45) is 7.05 Å². The van der Waals surface area contributed by atoms with E-state index in [1.165, 1.54) is 0 Å². The minimum atomic E-state index is -0.375. The standard InChI is InChI=1S/C15H22N4O2/c1-9-13(10(2)19(6)18-9)20-12-8-7-11(16)14(17-12)21-15(3,4)5/h7-8H,16H2,1-6H3. The van der Waals surface area contributed by atoms with Crippen molar-refractivity contribution in [3.8, 4) is 17.5 Å². The van der Waals surface area contributed by atoms with Gasteiger partial charge < -0.3 is 15.2 Å². The lowest BCUT2D eigenvalue weighted by atomic mass is 10.2. The lowest BCUT2D eigenvalue weighted by molar-refractivity contribution is 0.124. The Bertz CT molecular complexity index is 656. The summed E-state index contributed by atoms with van der Waals surface area (Å²) in [6.45, 7) is 9.66. The van der Waals surface area contributed by atoms with E-state index in [0.717, 1.165) is 11.4 Å². The van der Waals surface area contributed by atoms with Gasteiger partial charge in [-0.2, -0.15) is 10.1 Å². The van der Waals surface area contributed by atoms with Crippen molar-refractivity contribution < 1.29 is 9.47 Å². The molecule has 2 aromatic rings. The summed E-state index contributed by atoms with van der Waals surface area (Å²) in [7, 11) is 1.87. The number of aryl methyl sites for hydroxylation is 2. The van der Waals surface area contributed by atoms with Crippen molar-refractivity contribution in [3.63, 3.8) is 0 Å². The van der Waals surface area contributed by atoms with Crippen LogP contribution in [0.25, 0.3) is 0 Å². The molecule has 0 radical (unpaired) electrons. The zero-order valence-corrected chi connectivity index (χ0v) is 13.4. The Labute approximate surface area is 124 Å². The molecule has 2 heterocycles. The Morgan fingerprint density at radius 2 is 1.86 bits per heavy atom. The Morgan fingerprint density at radius 1 is 1.19 bits per heavy atom. The van der Waals surface area contributed by atoms with Crippen molar-refractivity contribution in [1.82, 2.24) is 14.8 Å². The molecule has 0 aromatic carbocycles. The molecule has 114 valence electrons. The Kier molecular flexibility index (Phi) is 3.80. The minimum absolute atomic E-state index is 0.374. The van der Waals surface area contributed by atoms with Crippen LogP contribution < -0.4 is 15.2 Å². The van der Waals surface area contributed by atoms with Crippen molar-refractivity contribution in [3.05, 3.63) is 23.5 Å². The molecule has 21 heavy (non-hydrogen) atoms. The third-order valence-electron chi connectivity index (χ3n) is 2.92. The first kappa shape index (κ1) is 15.2. The summed E-state index contributed by atoms with van der Waals surface area (Å²) in [5.41, 5.74) is 7.75. The van der Waals surface area contributed by atoms with Crippen LogP contribution in [0.15, 0.2) is 12.1 Å². The second-order valence-electron chi connectivity index (χ2n) is 5.98. The predicted molar refractivity (Wildman–Crippen MR) is 81.8 cm³/mol. The number of hydrogen-bond donors (Lipinski definition) is 1. The molecule has 0 saturated heterocycles. The number of hydrogen-bond acceptors (Lipinski definition) is 5. The molecule has 0 bridgehead atoms. The van der Waals surface area contributed by atoms with Gasteiger partial charge in [-0.3, -0.25) is 4.68 Å². The fourth-order valence-corrected chi connectivity index (χ4v) is 1.87. The van der Waals surface area contributed by atoms with E-state index in [9.17, 15) is 0 Å². The molecule has 0 aliphatic carbocycles. The Hall–Kier alpha value is -2.24. The molecule has 0 aliphatic rings. The van der Waals surface area contributed by atoms with Crippen LogP contribution in [0, 0.1) is 13.8 Å². The van der Waals surface area contributed by atoms with Gasteiger partial charge >= 0.3 is 0 Å². The van der Waals surface area contributed by atoms with Crippen LogP contribution in [0.5, 0.6) is 17.5 Å². The molecule has 0 saturated carbocycles. The van der Waals surface area contributed by atoms with Crippen LogP contribution in [0.1, 0.15) is 32.2 Å². The normalized spacial score (nSPS) is 11.5. The number of aromatic nitrogens is 3. The smallest absolute Gasteiger partial charge is 0.241 e. The van der Waals surface area contributed by atoms with Gasteiger partial charge in [0, 0.05) is 13.1 Å². The molecular formula is C15H22N4O2. The van der Waals surface area contributed by atoms with Gasteiger partial charge in [0.1, 0.15) is 11.3 Å². The van der Waals surface area contributed by atoms with E-state index in [2.05, 4.69) is 10.1 Å². The summed E-state index contributed by atoms with van der Waals surface area (Å²) in [5, 5.41) is 4.31. The van der Waals surface area contributed by atoms with Crippen LogP contribution in [-0.4, -0.2) is 20.4 Å². The van der Waals surface area contributed by atoms with Gasteiger partial charge in [0.25, 0.3) is 0 Å². The third-order valence-corrected chi connectivity index (χ3v) is 2.92. The van der Waals surface area contributed by atoms with E-state index < -0.39 is 0 Å². The number of ether oxygens (including phenoxy) is 2. The molecular weight excluding hydrogens is 268 g/mol. The highest BCUT2D eigenvalue weighted by atomic mass is 16.5. The van der Waals surface area contributed by atoms with Crippen molar-refractivity contribution in [2.45, 2.75) is 40.2 Å². The number of pyridine rings is 1. The molecule has 0 unspecified atom stereocenters. The quantitative estimate of drug-likeness (QED) is 0.940. The summed E-state index contributed by atoms with van der Waals surface area (Å²) < 4.78 is 13.4. The zero-order chi connectivity index (χ0) is 15.8. The third kappa shape index (κ3) is 3.45. The van der Waals surface area contributed by atoms with Crippen molar-refractivity contribution in [2.75, 3.05) is 5.73 Å². The molecule has 0 spiro atoms. The van der Waals surface area contributed by atoms with Crippen LogP contribution >= 0.6 is 0 Å². The van der Waals surface area contributed by atoms with Gasteiger partial charge in [-0.05, 0) is 40.7 Å². The molecule has 2 rings (SSSR count). The monoisotopic (exact) mass is 290 g/mol. The van der Waals surface area contributed by atoms with Crippen molar-refractivity contribution in [1.29, 1.82) is 0 Å². The zero-order valence-electron chi connectivity index (χ0n) is 13.4. The fraction of sp³-hybridized carbons (Fsp3) is 0.467. The number of rotatable bonds is 3.